The molecule has 1 saturated heterocycles. The van der Waals surface area contributed by atoms with E-state index in [1.807, 2.05) is 16.3 Å². The number of thiophene rings is 1. The lowest BCUT2D eigenvalue weighted by molar-refractivity contribution is -0.139. The Morgan fingerprint density at radius 3 is 3.11 bits per heavy atom. The van der Waals surface area contributed by atoms with Crippen molar-refractivity contribution in [1.29, 1.82) is 0 Å². The van der Waals surface area contributed by atoms with Crippen molar-refractivity contribution in [2.24, 2.45) is 5.73 Å². The number of piperazine rings is 1. The number of nitrogens with zero attached hydrogens (tertiary/aromatic N) is 1. The van der Waals surface area contributed by atoms with E-state index < -0.39 is 0 Å². The van der Waals surface area contributed by atoms with Crippen LogP contribution in [0.4, 0.5) is 0 Å². The molecule has 1 aromatic heterocycles. The molecule has 0 aliphatic carbocycles. The Labute approximate surface area is 115 Å². The van der Waals surface area contributed by atoms with E-state index in [-0.39, 0.29) is 24.4 Å². The maximum Gasteiger partial charge on any atom is 0.243 e. The lowest BCUT2D eigenvalue weighted by atomic mass is 10.2. The van der Waals surface area contributed by atoms with Crippen LogP contribution in [0.2, 0.25) is 0 Å². The number of nitrogens with two attached hydrogens (primary N) is 1. The molecule has 3 N–H and O–H groups in total. The zero-order valence-corrected chi connectivity index (χ0v) is 11.4. The van der Waals surface area contributed by atoms with Crippen molar-refractivity contribution in [3.05, 3.63) is 21.9 Å². The summed E-state index contributed by atoms with van der Waals surface area (Å²) in [6.07, 6.45) is 0. The highest BCUT2D eigenvalue weighted by molar-refractivity contribution is 7.10. The van der Waals surface area contributed by atoms with Gasteiger partial charge in [-0.05, 0) is 13.0 Å². The summed E-state index contributed by atoms with van der Waals surface area (Å²) in [6.45, 7) is 2.96. The second kappa shape index (κ2) is 5.97. The van der Waals surface area contributed by atoms with Gasteiger partial charge in [0.05, 0.1) is 19.1 Å². The Balaban J connectivity index is 2.05. The van der Waals surface area contributed by atoms with Crippen molar-refractivity contribution in [2.75, 3.05) is 13.1 Å². The van der Waals surface area contributed by atoms with E-state index in [9.17, 15) is 9.59 Å². The highest BCUT2D eigenvalue weighted by atomic mass is 32.1. The highest BCUT2D eigenvalue weighted by Gasteiger charge is 2.30. The molecule has 6 heteroatoms. The van der Waals surface area contributed by atoms with Crippen molar-refractivity contribution in [1.82, 2.24) is 10.2 Å². The molecular weight excluding hydrogens is 262 g/mol. The van der Waals surface area contributed by atoms with Crippen molar-refractivity contribution in [3.8, 4) is 11.8 Å². The van der Waals surface area contributed by atoms with Crippen LogP contribution in [0.25, 0.3) is 0 Å². The van der Waals surface area contributed by atoms with E-state index in [4.69, 9.17) is 5.73 Å². The van der Waals surface area contributed by atoms with Gasteiger partial charge in [-0.3, -0.25) is 19.8 Å². The molecule has 1 aromatic rings. The smallest absolute Gasteiger partial charge is 0.243 e. The number of carbonyl (C=O) groups excluding carboxylic acids is 2. The first-order chi connectivity index (χ1) is 9.10. The molecule has 0 spiro atoms. The SMILES string of the molecule is CC1C(=O)NC(=O)CN1Cc1cc(C#CCN)cs1. The quantitative estimate of drug-likeness (QED) is 0.585. The molecule has 100 valence electrons. The summed E-state index contributed by atoms with van der Waals surface area (Å²) in [4.78, 5) is 25.8. The lowest BCUT2D eigenvalue weighted by Crippen LogP contribution is -2.56. The number of nitrogens with one attached hydrogen (secondary N) is 1. The molecule has 0 radical (unpaired) electrons. The highest BCUT2D eigenvalue weighted by Crippen LogP contribution is 2.18. The fourth-order valence-electron chi connectivity index (χ4n) is 1.84. The second-order valence-electron chi connectivity index (χ2n) is 4.30. The molecule has 1 aliphatic heterocycles. The van der Waals surface area contributed by atoms with Gasteiger partial charge in [0.25, 0.3) is 0 Å². The van der Waals surface area contributed by atoms with Gasteiger partial charge in [-0.15, -0.1) is 11.3 Å². The van der Waals surface area contributed by atoms with Gasteiger partial charge in [0, 0.05) is 22.4 Å². The van der Waals surface area contributed by atoms with E-state index in [1.165, 1.54) is 0 Å². The molecule has 5 nitrogen and oxygen atoms in total. The molecule has 1 unspecified atom stereocenters. The number of hydrogen-bond donors (Lipinski definition) is 2. The number of imide groups is 1. The first-order valence-electron chi connectivity index (χ1n) is 5.94. The maximum atomic E-state index is 11.5. The second-order valence-corrected chi connectivity index (χ2v) is 5.30. The van der Waals surface area contributed by atoms with E-state index in [1.54, 1.807) is 18.3 Å². The van der Waals surface area contributed by atoms with Gasteiger partial charge < -0.3 is 5.73 Å². The van der Waals surface area contributed by atoms with Gasteiger partial charge in [0.2, 0.25) is 11.8 Å². The molecule has 0 saturated carbocycles. The molecule has 19 heavy (non-hydrogen) atoms. The van der Waals surface area contributed by atoms with E-state index >= 15 is 0 Å². The van der Waals surface area contributed by atoms with Crippen molar-refractivity contribution >= 4 is 23.2 Å². The number of amides is 2. The Morgan fingerprint density at radius 1 is 1.58 bits per heavy atom. The van der Waals surface area contributed by atoms with Crippen LogP contribution in [0.3, 0.4) is 0 Å². The molecule has 1 aliphatic rings. The van der Waals surface area contributed by atoms with Crippen molar-refractivity contribution < 1.29 is 9.59 Å². The summed E-state index contributed by atoms with van der Waals surface area (Å²) in [5.74, 6) is 5.27. The van der Waals surface area contributed by atoms with Gasteiger partial charge in [-0.25, -0.2) is 0 Å². The summed E-state index contributed by atoms with van der Waals surface area (Å²) in [6, 6.07) is 1.68. The third-order valence-corrected chi connectivity index (χ3v) is 3.81. The molecule has 1 atom stereocenters. The maximum absolute atomic E-state index is 11.5. The average molecular weight is 277 g/mol. The summed E-state index contributed by atoms with van der Waals surface area (Å²) in [5.41, 5.74) is 6.24. The fourth-order valence-corrected chi connectivity index (χ4v) is 2.68. The molecule has 1 fully saturated rings. The first kappa shape index (κ1) is 13.7. The normalized spacial score (nSPS) is 19.8. The summed E-state index contributed by atoms with van der Waals surface area (Å²) >= 11 is 1.57. The zero-order valence-electron chi connectivity index (χ0n) is 10.6. The topological polar surface area (TPSA) is 75.4 Å². The van der Waals surface area contributed by atoms with Crippen LogP contribution in [0.5, 0.6) is 0 Å². The first-order valence-corrected chi connectivity index (χ1v) is 6.82. The van der Waals surface area contributed by atoms with Crippen LogP contribution in [-0.4, -0.2) is 35.8 Å². The van der Waals surface area contributed by atoms with Crippen LogP contribution < -0.4 is 11.1 Å². The third-order valence-electron chi connectivity index (χ3n) is 2.88. The van der Waals surface area contributed by atoms with Crippen LogP contribution in [-0.2, 0) is 16.1 Å². The van der Waals surface area contributed by atoms with E-state index in [0.29, 0.717) is 13.1 Å². The molecule has 0 bridgehead atoms. The Bertz CT molecular complexity index is 556. The monoisotopic (exact) mass is 277 g/mol. The summed E-state index contributed by atoms with van der Waals surface area (Å²) in [5, 5.41) is 4.28. The molecule has 2 amide bonds. The van der Waals surface area contributed by atoms with Crippen LogP contribution in [0, 0.1) is 11.8 Å². The average Bonchev–Trinajstić information content (AvgIpc) is 2.80. The predicted molar refractivity (Wildman–Crippen MR) is 73.3 cm³/mol. The Morgan fingerprint density at radius 2 is 2.37 bits per heavy atom. The van der Waals surface area contributed by atoms with Gasteiger partial charge in [-0.1, -0.05) is 11.8 Å². The largest absolute Gasteiger partial charge is 0.320 e. The van der Waals surface area contributed by atoms with Crippen LogP contribution in [0.15, 0.2) is 11.4 Å². The van der Waals surface area contributed by atoms with Gasteiger partial charge >= 0.3 is 0 Å². The molecule has 0 aromatic carbocycles. The molecular formula is C13H15N3O2S. The molecule has 2 rings (SSSR count). The zero-order chi connectivity index (χ0) is 13.8. The van der Waals surface area contributed by atoms with Crippen LogP contribution >= 0.6 is 11.3 Å². The van der Waals surface area contributed by atoms with Gasteiger partial charge in [0.1, 0.15) is 0 Å². The number of carbonyl (C=O) groups is 2. The lowest BCUT2D eigenvalue weighted by Gasteiger charge is -2.30. The standard InChI is InChI=1S/C13H15N3O2S/c1-9-13(18)15-12(17)7-16(9)6-11-5-10(8-19-11)3-2-4-14/h5,8-9H,4,6-7,14H2,1H3,(H,15,17,18). The molecule has 2 heterocycles. The summed E-state index contributed by atoms with van der Waals surface area (Å²) in [7, 11) is 0. The van der Waals surface area contributed by atoms with Gasteiger partial charge in [-0.2, -0.15) is 0 Å². The Hall–Kier alpha value is -1.68. The number of hydrogen-bond acceptors (Lipinski definition) is 5. The van der Waals surface area contributed by atoms with E-state index in [0.717, 1.165) is 10.4 Å². The van der Waals surface area contributed by atoms with Gasteiger partial charge in [0.15, 0.2) is 0 Å². The minimum Gasteiger partial charge on any atom is -0.320 e. The van der Waals surface area contributed by atoms with Crippen molar-refractivity contribution in [2.45, 2.75) is 19.5 Å². The minimum absolute atomic E-state index is 0.240. The van der Waals surface area contributed by atoms with Crippen LogP contribution in [0.1, 0.15) is 17.4 Å². The van der Waals surface area contributed by atoms with Crippen molar-refractivity contribution in [3.63, 3.8) is 0 Å². The van der Waals surface area contributed by atoms with E-state index in [2.05, 4.69) is 17.2 Å². The number of rotatable bonds is 2. The fraction of sp³-hybridized carbons (Fsp3) is 0.385. The predicted octanol–water partition coefficient (Wildman–Crippen LogP) is -0.0948. The minimum atomic E-state index is -0.293. The Kier molecular flexibility index (Phi) is 4.32. The third kappa shape index (κ3) is 3.41. The summed E-state index contributed by atoms with van der Waals surface area (Å²) < 4.78 is 0.